The number of fused-ring (bicyclic) bond motifs is 1. The van der Waals surface area contributed by atoms with Crippen molar-refractivity contribution in [1.82, 2.24) is 4.98 Å². The highest BCUT2D eigenvalue weighted by Crippen LogP contribution is 2.29. The molecule has 1 saturated heterocycles. The molecule has 7 heteroatoms. The largest absolute Gasteiger partial charge is 0.309 e. The molecule has 5 nitrogen and oxygen atoms in total. The van der Waals surface area contributed by atoms with Gasteiger partial charge in [0.05, 0.1) is 21.8 Å². The number of benzene rings is 2. The van der Waals surface area contributed by atoms with E-state index >= 15 is 0 Å². The van der Waals surface area contributed by atoms with Crippen LogP contribution >= 0.6 is 11.3 Å². The van der Waals surface area contributed by atoms with Crippen LogP contribution in [0.1, 0.15) is 6.42 Å². The maximum absolute atomic E-state index is 13.9. The summed E-state index contributed by atoms with van der Waals surface area (Å²) in [5, 5.41) is 3.28. The summed E-state index contributed by atoms with van der Waals surface area (Å²) in [6.07, 6.45) is 0.0606. The van der Waals surface area contributed by atoms with E-state index in [1.54, 1.807) is 18.2 Å². The number of aromatic nitrogens is 1. The quantitative estimate of drug-likeness (QED) is 0.783. The number of carbonyl (C=O) groups excluding carboxylic acids is 2. The fraction of sp³-hybridized carbons (Fsp3) is 0.167. The average molecular weight is 355 g/mol. The summed E-state index contributed by atoms with van der Waals surface area (Å²) in [5.41, 5.74) is 1.03. The maximum Gasteiger partial charge on any atom is 0.231 e. The molecule has 1 aliphatic heterocycles. The van der Waals surface area contributed by atoms with E-state index in [9.17, 15) is 14.0 Å². The van der Waals surface area contributed by atoms with Crippen LogP contribution in [0.2, 0.25) is 0 Å². The van der Waals surface area contributed by atoms with Gasteiger partial charge in [-0.3, -0.25) is 9.59 Å². The number of hydrogen-bond acceptors (Lipinski definition) is 4. The number of para-hydroxylation sites is 2. The van der Waals surface area contributed by atoms with Crippen molar-refractivity contribution in [2.75, 3.05) is 16.8 Å². The summed E-state index contributed by atoms with van der Waals surface area (Å²) in [6.45, 7) is 0.163. The van der Waals surface area contributed by atoms with E-state index in [4.69, 9.17) is 0 Å². The van der Waals surface area contributed by atoms with E-state index in [2.05, 4.69) is 10.3 Å². The molecule has 1 N–H and O–H groups in total. The first kappa shape index (κ1) is 15.7. The van der Waals surface area contributed by atoms with Gasteiger partial charge >= 0.3 is 0 Å². The van der Waals surface area contributed by atoms with E-state index in [-0.39, 0.29) is 30.5 Å². The Hall–Kier alpha value is -2.80. The predicted octanol–water partition coefficient (Wildman–Crippen LogP) is 3.43. The summed E-state index contributed by atoms with van der Waals surface area (Å²) >= 11 is 1.38. The summed E-state index contributed by atoms with van der Waals surface area (Å²) in [7, 11) is 0. The van der Waals surface area contributed by atoms with E-state index < -0.39 is 11.7 Å². The van der Waals surface area contributed by atoms with Crippen molar-refractivity contribution in [1.29, 1.82) is 0 Å². The van der Waals surface area contributed by atoms with Gasteiger partial charge in [0.25, 0.3) is 0 Å². The highest BCUT2D eigenvalue weighted by molar-refractivity contribution is 7.22. The molecule has 0 bridgehead atoms. The minimum atomic E-state index is -0.529. The SMILES string of the molecule is O=C(Nc1nc2ccccc2s1)[C@@H]1CC(=O)N(c2ccccc2F)C1. The molecule has 126 valence electrons. The van der Waals surface area contributed by atoms with E-state index in [1.807, 2.05) is 24.3 Å². The lowest BCUT2D eigenvalue weighted by molar-refractivity contribution is -0.122. The number of nitrogens with one attached hydrogen (secondary N) is 1. The molecule has 0 spiro atoms. The minimum Gasteiger partial charge on any atom is -0.309 e. The Morgan fingerprint density at radius 3 is 2.76 bits per heavy atom. The van der Waals surface area contributed by atoms with Gasteiger partial charge < -0.3 is 10.2 Å². The van der Waals surface area contributed by atoms with Crippen LogP contribution in [-0.4, -0.2) is 23.3 Å². The molecule has 25 heavy (non-hydrogen) atoms. The summed E-state index contributed by atoms with van der Waals surface area (Å²) < 4.78 is 14.9. The van der Waals surface area contributed by atoms with E-state index in [1.165, 1.54) is 22.3 Å². The first-order valence-electron chi connectivity index (χ1n) is 7.83. The zero-order valence-corrected chi connectivity index (χ0v) is 13.9. The van der Waals surface area contributed by atoms with Gasteiger partial charge in [0.1, 0.15) is 5.82 Å². The predicted molar refractivity (Wildman–Crippen MR) is 95.1 cm³/mol. The lowest BCUT2D eigenvalue weighted by Crippen LogP contribution is -2.28. The summed E-state index contributed by atoms with van der Waals surface area (Å²) in [6, 6.07) is 13.7. The van der Waals surface area contributed by atoms with Gasteiger partial charge in [-0.1, -0.05) is 35.6 Å². The zero-order valence-electron chi connectivity index (χ0n) is 13.1. The van der Waals surface area contributed by atoms with Crippen molar-refractivity contribution >= 4 is 44.2 Å². The number of amides is 2. The Morgan fingerprint density at radius 1 is 1.20 bits per heavy atom. The Bertz CT molecular complexity index is 939. The number of rotatable bonds is 3. The molecular weight excluding hydrogens is 341 g/mol. The van der Waals surface area contributed by atoms with Gasteiger partial charge in [-0.25, -0.2) is 9.37 Å². The topological polar surface area (TPSA) is 62.3 Å². The molecule has 0 unspecified atom stereocenters. The molecule has 2 aromatic carbocycles. The lowest BCUT2D eigenvalue weighted by Gasteiger charge is -2.17. The highest BCUT2D eigenvalue weighted by atomic mass is 32.1. The van der Waals surface area contributed by atoms with Crippen LogP contribution in [0, 0.1) is 11.7 Å². The highest BCUT2D eigenvalue weighted by Gasteiger charge is 2.36. The minimum absolute atomic E-state index is 0.0606. The summed E-state index contributed by atoms with van der Waals surface area (Å²) in [4.78, 5) is 30.4. The molecule has 1 aliphatic rings. The van der Waals surface area contributed by atoms with Crippen LogP contribution in [0.4, 0.5) is 15.2 Å². The maximum atomic E-state index is 13.9. The van der Waals surface area contributed by atoms with Gasteiger partial charge in [-0.05, 0) is 24.3 Å². The normalized spacial score (nSPS) is 17.2. The van der Waals surface area contributed by atoms with Crippen molar-refractivity contribution in [3.63, 3.8) is 0 Å². The number of hydrogen-bond donors (Lipinski definition) is 1. The molecule has 0 aliphatic carbocycles. The molecular formula is C18H14FN3O2S. The van der Waals surface area contributed by atoms with Crippen LogP contribution in [0.25, 0.3) is 10.2 Å². The molecule has 3 aromatic rings. The van der Waals surface area contributed by atoms with Crippen LogP contribution < -0.4 is 10.2 Å². The Labute approximate surface area is 147 Å². The standard InChI is InChI=1S/C18H14FN3O2S/c19-12-5-1-3-7-14(12)22-10-11(9-16(22)23)17(24)21-18-20-13-6-2-4-8-15(13)25-18/h1-8,11H,9-10H2,(H,20,21,24)/t11-/m1/s1. The van der Waals surface area contributed by atoms with Gasteiger partial charge in [0, 0.05) is 13.0 Å². The van der Waals surface area contributed by atoms with Crippen LogP contribution in [0.3, 0.4) is 0 Å². The van der Waals surface area contributed by atoms with E-state index in [0.29, 0.717) is 5.13 Å². The van der Waals surface area contributed by atoms with Gasteiger partial charge in [0.15, 0.2) is 5.13 Å². The van der Waals surface area contributed by atoms with Crippen LogP contribution in [0.15, 0.2) is 48.5 Å². The smallest absolute Gasteiger partial charge is 0.231 e. The van der Waals surface area contributed by atoms with Gasteiger partial charge in [0.2, 0.25) is 11.8 Å². The fourth-order valence-corrected chi connectivity index (χ4v) is 3.79. The zero-order chi connectivity index (χ0) is 17.4. The second-order valence-electron chi connectivity index (χ2n) is 5.83. The Balaban J connectivity index is 1.50. The Kier molecular flexibility index (Phi) is 3.93. The second kappa shape index (κ2) is 6.25. The number of carbonyl (C=O) groups is 2. The first-order chi connectivity index (χ1) is 12.1. The molecule has 0 saturated carbocycles. The van der Waals surface area contributed by atoms with Gasteiger partial charge in [-0.2, -0.15) is 0 Å². The molecule has 2 amide bonds. The number of halogens is 1. The third-order valence-corrected chi connectivity index (χ3v) is 5.11. The van der Waals surface area contributed by atoms with Crippen molar-refractivity contribution in [3.05, 3.63) is 54.3 Å². The van der Waals surface area contributed by atoms with Crippen molar-refractivity contribution in [2.24, 2.45) is 5.92 Å². The van der Waals surface area contributed by atoms with Gasteiger partial charge in [-0.15, -0.1) is 0 Å². The van der Waals surface area contributed by atoms with Crippen molar-refractivity contribution in [2.45, 2.75) is 6.42 Å². The molecule has 1 fully saturated rings. The Morgan fingerprint density at radius 2 is 1.96 bits per heavy atom. The third kappa shape index (κ3) is 2.98. The molecule has 1 aromatic heterocycles. The summed E-state index contributed by atoms with van der Waals surface area (Å²) in [5.74, 6) is -1.53. The lowest BCUT2D eigenvalue weighted by atomic mass is 10.1. The number of anilines is 2. The average Bonchev–Trinajstić information content (AvgIpc) is 3.18. The first-order valence-corrected chi connectivity index (χ1v) is 8.65. The number of nitrogens with zero attached hydrogens (tertiary/aromatic N) is 2. The van der Waals surface area contributed by atoms with Crippen LogP contribution in [0.5, 0.6) is 0 Å². The molecule has 4 rings (SSSR count). The molecule has 0 radical (unpaired) electrons. The number of thiazole rings is 1. The monoisotopic (exact) mass is 355 g/mol. The van der Waals surface area contributed by atoms with Crippen LogP contribution in [-0.2, 0) is 9.59 Å². The second-order valence-corrected chi connectivity index (χ2v) is 6.86. The van der Waals surface area contributed by atoms with Crippen molar-refractivity contribution < 1.29 is 14.0 Å². The third-order valence-electron chi connectivity index (χ3n) is 4.16. The molecule has 2 heterocycles. The molecule has 1 atom stereocenters. The fourth-order valence-electron chi connectivity index (χ4n) is 2.92. The van der Waals surface area contributed by atoms with Crippen molar-refractivity contribution in [3.8, 4) is 0 Å². The van der Waals surface area contributed by atoms with E-state index in [0.717, 1.165) is 10.2 Å².